The second-order valence-corrected chi connectivity index (χ2v) is 11.4. The third-order valence-electron chi connectivity index (χ3n) is 7.57. The third kappa shape index (κ3) is 4.02. The number of allylic oxidation sites excluding steroid dienone is 9. The molecular formula is C30H35N3O. The van der Waals surface area contributed by atoms with Gasteiger partial charge in [-0.2, -0.15) is 10.5 Å². The summed E-state index contributed by atoms with van der Waals surface area (Å²) in [4.78, 5) is 2.69. The average Bonchev–Trinajstić information content (AvgIpc) is 2.77. The van der Waals surface area contributed by atoms with Gasteiger partial charge in [-0.05, 0) is 59.6 Å². The Hall–Kier alpha value is -3.08. The van der Waals surface area contributed by atoms with Crippen LogP contribution in [0.3, 0.4) is 0 Å². The molecule has 4 aliphatic rings. The number of rotatable bonds is 3. The van der Waals surface area contributed by atoms with Crippen LogP contribution in [0.5, 0.6) is 0 Å². The standard InChI is InChI=1S/C30H35N3O/c1-21(2)27-16-23(24(18-31)19-32)15-25(34-27)11-10-22-9-7-13-30-26(22)17-28(3,4)20-33(30)14-8-12-29(30,5)6/h7,9-11,13,15-17,21H,8,12,14,20H2,1-6H3. The molecule has 3 heterocycles. The van der Waals surface area contributed by atoms with Gasteiger partial charge < -0.3 is 4.74 Å². The van der Waals surface area contributed by atoms with E-state index in [0.717, 1.165) is 18.8 Å². The monoisotopic (exact) mass is 453 g/mol. The van der Waals surface area contributed by atoms with Crippen molar-refractivity contribution in [2.45, 2.75) is 59.9 Å². The van der Waals surface area contributed by atoms with Crippen molar-refractivity contribution in [3.8, 4) is 12.1 Å². The van der Waals surface area contributed by atoms with Crippen molar-refractivity contribution < 1.29 is 4.74 Å². The lowest BCUT2D eigenvalue weighted by Crippen LogP contribution is -2.65. The normalized spacial score (nSPS) is 27.4. The average molecular weight is 454 g/mol. The molecule has 4 rings (SSSR count). The van der Waals surface area contributed by atoms with Crippen LogP contribution in [0.1, 0.15) is 54.4 Å². The molecule has 1 fully saturated rings. The number of nitrogens with zero attached hydrogens (tertiary/aromatic N) is 3. The molecule has 0 amide bonds. The Labute approximate surface area is 204 Å². The fourth-order valence-electron chi connectivity index (χ4n) is 5.91. The van der Waals surface area contributed by atoms with Gasteiger partial charge in [0.25, 0.3) is 0 Å². The topological polar surface area (TPSA) is 60.0 Å². The summed E-state index contributed by atoms with van der Waals surface area (Å²) in [6, 6.07) is 4.01. The van der Waals surface area contributed by atoms with Crippen molar-refractivity contribution in [2.75, 3.05) is 13.1 Å². The maximum absolute atomic E-state index is 9.38. The SMILES string of the molecule is CC(C)C1=CC(=C(C#N)C#N)C=C(C=CC2=CC=CC34C2=CC(C)(C)CN3CCCC4(C)C)O1. The summed E-state index contributed by atoms with van der Waals surface area (Å²) in [6.45, 7) is 15.7. The summed E-state index contributed by atoms with van der Waals surface area (Å²) in [5.74, 6) is 1.54. The number of hydrogen-bond acceptors (Lipinski definition) is 4. The van der Waals surface area contributed by atoms with E-state index in [1.165, 1.54) is 24.0 Å². The molecule has 1 saturated heterocycles. The highest BCUT2D eigenvalue weighted by Crippen LogP contribution is 2.56. The Morgan fingerprint density at radius 3 is 2.53 bits per heavy atom. The minimum atomic E-state index is -0.111. The van der Waals surface area contributed by atoms with Crippen LogP contribution >= 0.6 is 0 Å². The van der Waals surface area contributed by atoms with Crippen LogP contribution < -0.4 is 0 Å². The van der Waals surface area contributed by atoms with Crippen molar-refractivity contribution in [3.05, 3.63) is 82.4 Å². The smallest absolute Gasteiger partial charge is 0.137 e. The number of ether oxygens (including phenoxy) is 1. The molecule has 4 nitrogen and oxygen atoms in total. The predicted molar refractivity (Wildman–Crippen MR) is 136 cm³/mol. The first-order valence-corrected chi connectivity index (χ1v) is 12.2. The second-order valence-electron chi connectivity index (χ2n) is 11.4. The summed E-state index contributed by atoms with van der Waals surface area (Å²) < 4.78 is 6.14. The summed E-state index contributed by atoms with van der Waals surface area (Å²) in [6.07, 6.45) is 19.4. The van der Waals surface area contributed by atoms with Crippen molar-refractivity contribution in [2.24, 2.45) is 16.7 Å². The fraction of sp³-hybridized carbons (Fsp3) is 0.467. The third-order valence-corrected chi connectivity index (χ3v) is 7.57. The highest BCUT2D eigenvalue weighted by molar-refractivity contribution is 5.59. The van der Waals surface area contributed by atoms with Crippen molar-refractivity contribution in [3.63, 3.8) is 0 Å². The van der Waals surface area contributed by atoms with Crippen LogP contribution in [0, 0.1) is 39.4 Å². The Morgan fingerprint density at radius 1 is 1.12 bits per heavy atom. The predicted octanol–water partition coefficient (Wildman–Crippen LogP) is 6.66. The van der Waals surface area contributed by atoms with E-state index in [-0.39, 0.29) is 27.9 Å². The van der Waals surface area contributed by atoms with Gasteiger partial charge >= 0.3 is 0 Å². The lowest BCUT2D eigenvalue weighted by atomic mass is 9.57. The molecule has 0 bridgehead atoms. The minimum Gasteiger partial charge on any atom is -0.461 e. The molecule has 34 heavy (non-hydrogen) atoms. The van der Waals surface area contributed by atoms with Gasteiger partial charge in [0.05, 0.1) is 5.54 Å². The summed E-state index contributed by atoms with van der Waals surface area (Å²) in [5.41, 5.74) is 3.35. The quantitative estimate of drug-likeness (QED) is 0.448. The molecule has 1 unspecified atom stereocenters. The first-order chi connectivity index (χ1) is 16.0. The number of nitriles is 2. The Bertz CT molecular complexity index is 1170. The van der Waals surface area contributed by atoms with E-state index in [1.54, 1.807) is 12.2 Å². The molecule has 3 aliphatic heterocycles. The minimum absolute atomic E-state index is 0.0862. The molecule has 0 N–H and O–H groups in total. The molecule has 0 radical (unpaired) electrons. The largest absolute Gasteiger partial charge is 0.461 e. The van der Waals surface area contributed by atoms with Gasteiger partial charge in [0, 0.05) is 18.0 Å². The van der Waals surface area contributed by atoms with Gasteiger partial charge in [-0.1, -0.05) is 71.9 Å². The highest BCUT2D eigenvalue weighted by atomic mass is 16.5. The van der Waals surface area contributed by atoms with Crippen LogP contribution in [-0.2, 0) is 4.74 Å². The molecule has 0 saturated carbocycles. The fourth-order valence-corrected chi connectivity index (χ4v) is 5.91. The molecule has 1 atom stereocenters. The van der Waals surface area contributed by atoms with Gasteiger partial charge in [0.15, 0.2) is 0 Å². The lowest BCUT2D eigenvalue weighted by molar-refractivity contribution is -0.0211. The molecular weight excluding hydrogens is 418 g/mol. The Balaban J connectivity index is 1.76. The second kappa shape index (κ2) is 8.61. The lowest BCUT2D eigenvalue weighted by Gasteiger charge is -2.61. The maximum Gasteiger partial charge on any atom is 0.137 e. The highest BCUT2D eigenvalue weighted by Gasteiger charge is 2.56. The van der Waals surface area contributed by atoms with Gasteiger partial charge in [-0.3, -0.25) is 4.90 Å². The van der Waals surface area contributed by atoms with E-state index < -0.39 is 0 Å². The zero-order valence-electron chi connectivity index (χ0n) is 21.3. The van der Waals surface area contributed by atoms with Crippen LogP contribution in [0.15, 0.2) is 82.4 Å². The van der Waals surface area contributed by atoms with E-state index in [4.69, 9.17) is 4.74 Å². The first kappa shape index (κ1) is 24.1. The molecule has 0 aromatic heterocycles. The van der Waals surface area contributed by atoms with Crippen LogP contribution in [-0.4, -0.2) is 23.5 Å². The summed E-state index contributed by atoms with van der Waals surface area (Å²) in [7, 11) is 0. The van der Waals surface area contributed by atoms with Crippen molar-refractivity contribution in [1.82, 2.24) is 4.90 Å². The van der Waals surface area contributed by atoms with Crippen molar-refractivity contribution >= 4 is 0 Å². The van der Waals surface area contributed by atoms with Crippen LogP contribution in [0.25, 0.3) is 0 Å². The van der Waals surface area contributed by atoms with Gasteiger partial charge in [-0.15, -0.1) is 0 Å². The van der Waals surface area contributed by atoms with E-state index in [0.29, 0.717) is 11.3 Å². The van der Waals surface area contributed by atoms with Crippen LogP contribution in [0.4, 0.5) is 0 Å². The zero-order valence-corrected chi connectivity index (χ0v) is 21.3. The van der Waals surface area contributed by atoms with Gasteiger partial charge in [0.1, 0.15) is 29.2 Å². The summed E-state index contributed by atoms with van der Waals surface area (Å²) in [5, 5.41) is 18.8. The first-order valence-electron chi connectivity index (χ1n) is 12.2. The van der Waals surface area contributed by atoms with Gasteiger partial charge in [0.2, 0.25) is 0 Å². The van der Waals surface area contributed by atoms with E-state index in [1.807, 2.05) is 32.1 Å². The molecule has 0 aromatic carbocycles. The number of hydrogen-bond donors (Lipinski definition) is 0. The molecule has 1 spiro atoms. The zero-order chi connectivity index (χ0) is 24.7. The van der Waals surface area contributed by atoms with Crippen molar-refractivity contribution in [1.29, 1.82) is 10.5 Å². The Morgan fingerprint density at radius 2 is 1.85 bits per heavy atom. The van der Waals surface area contributed by atoms with Gasteiger partial charge in [-0.25, -0.2) is 0 Å². The van der Waals surface area contributed by atoms with E-state index >= 15 is 0 Å². The molecule has 0 aromatic rings. The molecule has 1 aliphatic carbocycles. The molecule has 176 valence electrons. The summed E-state index contributed by atoms with van der Waals surface area (Å²) >= 11 is 0. The van der Waals surface area contributed by atoms with Crippen LogP contribution in [0.2, 0.25) is 0 Å². The van der Waals surface area contributed by atoms with E-state index in [9.17, 15) is 10.5 Å². The number of piperidine rings is 1. The molecule has 4 heteroatoms. The maximum atomic E-state index is 9.38. The Kier molecular flexibility index (Phi) is 6.09. The van der Waals surface area contributed by atoms with E-state index in [2.05, 4.69) is 63.0 Å².